The molecule has 192 valence electrons. The van der Waals surface area contributed by atoms with E-state index in [1.807, 2.05) is 0 Å². The molecule has 0 aromatic heterocycles. The maximum Gasteiger partial charge on any atom is 0.410 e. The van der Waals surface area contributed by atoms with Crippen molar-refractivity contribution in [3.8, 4) is 0 Å². The third-order valence-electron chi connectivity index (χ3n) is 5.57. The van der Waals surface area contributed by atoms with Gasteiger partial charge in [-0.2, -0.15) is 0 Å². The summed E-state index contributed by atoms with van der Waals surface area (Å²) in [5.74, 6) is -1.46. The maximum absolute atomic E-state index is 13.7. The molecule has 1 aromatic rings. The summed E-state index contributed by atoms with van der Waals surface area (Å²) < 4.78 is 39.0. The molecular weight excluding hydrogens is 446 g/mol. The minimum Gasteiger partial charge on any atom is -0.444 e. The molecule has 34 heavy (non-hydrogen) atoms. The van der Waals surface area contributed by atoms with E-state index < -0.39 is 47.4 Å². The number of morpholine rings is 1. The van der Waals surface area contributed by atoms with Gasteiger partial charge in [0.25, 0.3) is 0 Å². The second-order valence-corrected chi connectivity index (χ2v) is 10.4. The number of amides is 2. The van der Waals surface area contributed by atoms with Gasteiger partial charge < -0.3 is 19.9 Å². The van der Waals surface area contributed by atoms with Gasteiger partial charge in [0.05, 0.1) is 37.4 Å². The lowest BCUT2D eigenvalue weighted by atomic mass is 9.94. The number of hydrogen-bond acceptors (Lipinski definition) is 5. The van der Waals surface area contributed by atoms with Gasteiger partial charge in [0.2, 0.25) is 5.91 Å². The highest BCUT2D eigenvalue weighted by atomic mass is 19.1. The van der Waals surface area contributed by atoms with E-state index in [4.69, 9.17) is 9.47 Å². The van der Waals surface area contributed by atoms with Crippen molar-refractivity contribution in [2.24, 2.45) is 5.92 Å². The van der Waals surface area contributed by atoms with E-state index in [2.05, 4.69) is 19.2 Å². The topological polar surface area (TPSA) is 88.1 Å². The van der Waals surface area contributed by atoms with Gasteiger partial charge in [-0.3, -0.25) is 9.69 Å². The molecule has 1 saturated heterocycles. The third kappa shape index (κ3) is 8.83. The van der Waals surface area contributed by atoms with Crippen molar-refractivity contribution < 1.29 is 33.0 Å². The van der Waals surface area contributed by atoms with Crippen LogP contribution in [0.3, 0.4) is 0 Å². The van der Waals surface area contributed by atoms with Crippen LogP contribution < -0.4 is 5.32 Å². The number of halogens is 2. The van der Waals surface area contributed by atoms with E-state index in [1.54, 1.807) is 20.8 Å². The predicted octanol–water partition coefficient (Wildman–Crippen LogP) is 3.81. The summed E-state index contributed by atoms with van der Waals surface area (Å²) >= 11 is 0. The van der Waals surface area contributed by atoms with E-state index in [0.717, 1.165) is 31.0 Å². The van der Waals surface area contributed by atoms with Gasteiger partial charge in [-0.05, 0) is 63.6 Å². The molecule has 4 atom stereocenters. The third-order valence-corrected chi connectivity index (χ3v) is 5.57. The average Bonchev–Trinajstić information content (AvgIpc) is 2.68. The van der Waals surface area contributed by atoms with E-state index in [0.29, 0.717) is 5.92 Å². The molecule has 1 fully saturated rings. The van der Waals surface area contributed by atoms with Gasteiger partial charge in [-0.1, -0.05) is 13.8 Å². The van der Waals surface area contributed by atoms with Crippen LogP contribution in [0.25, 0.3) is 0 Å². The summed E-state index contributed by atoms with van der Waals surface area (Å²) in [6.45, 7) is 11.0. The molecule has 0 aliphatic carbocycles. The van der Waals surface area contributed by atoms with Crippen molar-refractivity contribution in [3.05, 3.63) is 35.4 Å². The Bertz CT molecular complexity index is 823. The van der Waals surface area contributed by atoms with Gasteiger partial charge in [0.1, 0.15) is 17.2 Å². The highest BCUT2D eigenvalue weighted by molar-refractivity contribution is 5.73. The van der Waals surface area contributed by atoms with Crippen LogP contribution >= 0.6 is 0 Å². The number of carbonyl (C=O) groups is 2. The minimum absolute atomic E-state index is 0.0368. The summed E-state index contributed by atoms with van der Waals surface area (Å²) in [7, 11) is 0. The van der Waals surface area contributed by atoms with Crippen molar-refractivity contribution in [3.63, 3.8) is 0 Å². The fourth-order valence-electron chi connectivity index (χ4n) is 4.01. The molecule has 1 heterocycles. The molecule has 1 aliphatic rings. The Morgan fingerprint density at radius 2 is 1.85 bits per heavy atom. The number of carbonyl (C=O) groups excluding carboxylic acids is 2. The van der Waals surface area contributed by atoms with Gasteiger partial charge in [0.15, 0.2) is 0 Å². The predicted molar refractivity (Wildman–Crippen MR) is 124 cm³/mol. The van der Waals surface area contributed by atoms with Crippen LogP contribution in [0.4, 0.5) is 13.6 Å². The van der Waals surface area contributed by atoms with Crippen LogP contribution in [-0.2, 0) is 20.7 Å². The first-order valence-electron chi connectivity index (χ1n) is 11.8. The lowest BCUT2D eigenvalue weighted by molar-refractivity contribution is -0.124. The van der Waals surface area contributed by atoms with Crippen LogP contribution in [0.15, 0.2) is 18.2 Å². The number of benzene rings is 1. The number of aliphatic hydroxyl groups excluding tert-OH is 1. The molecule has 2 rings (SSSR count). The molecule has 2 N–H and O–H groups in total. The Labute approximate surface area is 200 Å². The molecule has 1 aromatic carbocycles. The Morgan fingerprint density at radius 1 is 1.24 bits per heavy atom. The van der Waals surface area contributed by atoms with Crippen LogP contribution in [0.5, 0.6) is 0 Å². The molecule has 9 heteroatoms. The lowest BCUT2D eigenvalue weighted by Gasteiger charge is -2.43. The molecule has 2 amide bonds. The van der Waals surface area contributed by atoms with Crippen LogP contribution in [-0.4, -0.2) is 65.1 Å². The standard InChI is InChI=1S/C25H38F2N2O5/c1-15(2)7-8-20-13-29(24(32)34-25(4,5)6)22(14-33-20)23(31)21(28-16(3)30)11-17-9-18(26)12-19(27)10-17/h9-10,12,15,20-23,31H,7-8,11,13-14H2,1-6H3,(H,28,30). The second-order valence-electron chi connectivity index (χ2n) is 10.4. The maximum atomic E-state index is 13.7. The zero-order valence-electron chi connectivity index (χ0n) is 20.9. The number of nitrogens with one attached hydrogen (secondary N) is 1. The van der Waals surface area contributed by atoms with Crippen LogP contribution in [0.1, 0.15) is 59.9 Å². The first-order chi connectivity index (χ1) is 15.7. The van der Waals surface area contributed by atoms with Gasteiger partial charge >= 0.3 is 6.09 Å². The zero-order chi connectivity index (χ0) is 25.6. The summed E-state index contributed by atoms with van der Waals surface area (Å²) in [4.78, 5) is 26.4. The average molecular weight is 485 g/mol. The highest BCUT2D eigenvalue weighted by Gasteiger charge is 2.41. The van der Waals surface area contributed by atoms with E-state index in [-0.39, 0.29) is 31.2 Å². The number of rotatable bonds is 8. The Hall–Kier alpha value is -2.26. The van der Waals surface area contributed by atoms with Crippen LogP contribution in [0.2, 0.25) is 0 Å². The van der Waals surface area contributed by atoms with Gasteiger partial charge in [0, 0.05) is 13.0 Å². The van der Waals surface area contributed by atoms with E-state index in [1.165, 1.54) is 11.8 Å². The molecular formula is C25H38F2N2O5. The molecule has 0 bridgehead atoms. The second kappa shape index (κ2) is 11.9. The fraction of sp³-hybridized carbons (Fsp3) is 0.680. The van der Waals surface area contributed by atoms with E-state index in [9.17, 15) is 23.5 Å². The van der Waals surface area contributed by atoms with Crippen molar-refractivity contribution in [1.82, 2.24) is 10.2 Å². The van der Waals surface area contributed by atoms with Crippen molar-refractivity contribution in [2.45, 2.75) is 90.7 Å². The quantitative estimate of drug-likeness (QED) is 0.586. The Morgan fingerprint density at radius 3 is 2.38 bits per heavy atom. The number of nitrogens with zero attached hydrogens (tertiary/aromatic N) is 1. The van der Waals surface area contributed by atoms with Crippen molar-refractivity contribution in [2.75, 3.05) is 13.2 Å². The molecule has 0 radical (unpaired) electrons. The minimum atomic E-state index is -1.27. The van der Waals surface area contributed by atoms with Gasteiger partial charge in [-0.25, -0.2) is 13.6 Å². The Balaban J connectivity index is 2.28. The first-order valence-corrected chi connectivity index (χ1v) is 11.8. The zero-order valence-corrected chi connectivity index (χ0v) is 20.9. The normalized spacial score (nSPS) is 20.7. The monoisotopic (exact) mass is 484 g/mol. The lowest BCUT2D eigenvalue weighted by Crippen LogP contribution is -2.62. The Kier molecular flexibility index (Phi) is 9.82. The number of ether oxygens (including phenoxy) is 2. The molecule has 0 spiro atoms. The first kappa shape index (κ1) is 28.0. The van der Waals surface area contributed by atoms with Crippen molar-refractivity contribution in [1.29, 1.82) is 0 Å². The molecule has 0 saturated carbocycles. The summed E-state index contributed by atoms with van der Waals surface area (Å²) in [6.07, 6.45) is -0.446. The smallest absolute Gasteiger partial charge is 0.410 e. The fourth-order valence-corrected chi connectivity index (χ4v) is 4.01. The highest BCUT2D eigenvalue weighted by Crippen LogP contribution is 2.24. The van der Waals surface area contributed by atoms with Crippen LogP contribution in [0, 0.1) is 17.6 Å². The summed E-state index contributed by atoms with van der Waals surface area (Å²) in [5.41, 5.74) is -0.472. The molecule has 4 unspecified atom stereocenters. The molecule has 7 nitrogen and oxygen atoms in total. The summed E-state index contributed by atoms with van der Waals surface area (Å²) in [6, 6.07) is 1.32. The van der Waals surface area contributed by atoms with Crippen molar-refractivity contribution >= 4 is 12.0 Å². The van der Waals surface area contributed by atoms with E-state index >= 15 is 0 Å². The van der Waals surface area contributed by atoms with Gasteiger partial charge in [-0.15, -0.1) is 0 Å². The SMILES string of the molecule is CC(=O)NC(Cc1cc(F)cc(F)c1)C(O)C1COC(CCC(C)C)CN1C(=O)OC(C)(C)C. The number of aliphatic hydroxyl groups is 1. The number of hydrogen-bond donors (Lipinski definition) is 2. The summed E-state index contributed by atoms with van der Waals surface area (Å²) in [5, 5.41) is 13.9. The largest absolute Gasteiger partial charge is 0.444 e. The molecule has 1 aliphatic heterocycles.